The number of fused-ring (bicyclic) bond motifs is 2. The van der Waals surface area contributed by atoms with Gasteiger partial charge in [-0.1, -0.05) is 29.8 Å². The summed E-state index contributed by atoms with van der Waals surface area (Å²) in [6.45, 7) is 1.40. The first-order valence-electron chi connectivity index (χ1n) is 8.21. The molecule has 130 valence electrons. The number of rotatable bonds is 3. The van der Waals surface area contributed by atoms with Gasteiger partial charge in [-0.05, 0) is 25.0 Å². The van der Waals surface area contributed by atoms with E-state index in [0.29, 0.717) is 29.6 Å². The molecule has 2 bridgehead atoms. The molecular formula is C17H18ClN5O2. The van der Waals surface area contributed by atoms with Gasteiger partial charge in [0.05, 0.1) is 23.3 Å². The summed E-state index contributed by atoms with van der Waals surface area (Å²) in [6.07, 6.45) is 1.94. The van der Waals surface area contributed by atoms with E-state index < -0.39 is 0 Å². The van der Waals surface area contributed by atoms with Gasteiger partial charge in [0.1, 0.15) is 0 Å². The van der Waals surface area contributed by atoms with Gasteiger partial charge in [-0.25, -0.2) is 4.79 Å². The molecule has 0 radical (unpaired) electrons. The molecule has 0 amide bonds. The highest BCUT2D eigenvalue weighted by atomic mass is 35.5. The Morgan fingerprint density at radius 3 is 2.52 bits per heavy atom. The molecule has 0 aliphatic carbocycles. The van der Waals surface area contributed by atoms with Crippen LogP contribution in [0.2, 0.25) is 5.15 Å². The summed E-state index contributed by atoms with van der Waals surface area (Å²) in [5.41, 5.74) is 7.29. The molecule has 4 rings (SSSR count). The maximum absolute atomic E-state index is 12.3. The monoisotopic (exact) mass is 359 g/mol. The number of anilines is 2. The van der Waals surface area contributed by atoms with Crippen molar-refractivity contribution in [3.8, 4) is 0 Å². The Hall–Kier alpha value is -2.38. The number of hydrogen-bond acceptors (Lipinski definition) is 7. The smallest absolute Gasteiger partial charge is 0.357 e. The Balaban J connectivity index is 1.49. The van der Waals surface area contributed by atoms with Crippen LogP contribution in [-0.4, -0.2) is 46.4 Å². The van der Waals surface area contributed by atoms with Crippen molar-refractivity contribution >= 4 is 29.1 Å². The number of halogens is 1. The van der Waals surface area contributed by atoms with Crippen LogP contribution in [0.1, 0.15) is 23.2 Å². The predicted molar refractivity (Wildman–Crippen MR) is 94.2 cm³/mol. The molecule has 1 aromatic carbocycles. The number of nitrogens with two attached hydrogens (primary N) is 1. The number of hydroxylamine groups is 2. The highest BCUT2D eigenvalue weighted by Crippen LogP contribution is 2.35. The van der Waals surface area contributed by atoms with Crippen LogP contribution in [0, 0.1) is 0 Å². The Kier molecular flexibility index (Phi) is 4.19. The topological polar surface area (TPSA) is 84.6 Å². The maximum atomic E-state index is 12.3. The fourth-order valence-corrected chi connectivity index (χ4v) is 3.70. The summed E-state index contributed by atoms with van der Waals surface area (Å²) in [5, 5.41) is 9.81. The lowest BCUT2D eigenvalue weighted by Crippen LogP contribution is -2.54. The van der Waals surface area contributed by atoms with Crippen LogP contribution in [0.15, 0.2) is 36.4 Å². The molecule has 8 heteroatoms. The molecule has 2 aliphatic rings. The zero-order valence-electron chi connectivity index (χ0n) is 13.5. The number of carbonyl (C=O) groups excluding carboxylic acids is 1. The van der Waals surface area contributed by atoms with Crippen molar-refractivity contribution in [1.82, 2.24) is 15.3 Å². The standard InChI is InChI=1S/C17H18ClN5O2/c18-15-8-14(16(19)21-20-15)22-9-12-6-7-13(10-22)23(12)25-17(24)11-4-2-1-3-5-11/h1-5,8,12-13H,6-7,9-10H2,(H2,19,21)/t12-,13+. The van der Waals surface area contributed by atoms with Crippen molar-refractivity contribution in [2.75, 3.05) is 23.7 Å². The van der Waals surface area contributed by atoms with E-state index in [9.17, 15) is 4.79 Å². The Bertz CT molecular complexity index is 774. The fourth-order valence-electron chi connectivity index (χ4n) is 3.55. The minimum Gasteiger partial charge on any atom is -0.380 e. The largest absolute Gasteiger partial charge is 0.380 e. The van der Waals surface area contributed by atoms with Crippen molar-refractivity contribution in [2.24, 2.45) is 0 Å². The molecule has 2 saturated heterocycles. The Morgan fingerprint density at radius 2 is 1.84 bits per heavy atom. The average molecular weight is 360 g/mol. The average Bonchev–Trinajstić information content (AvgIpc) is 2.86. The highest BCUT2D eigenvalue weighted by molar-refractivity contribution is 6.29. The van der Waals surface area contributed by atoms with Crippen molar-refractivity contribution in [1.29, 1.82) is 0 Å². The Morgan fingerprint density at radius 1 is 1.16 bits per heavy atom. The van der Waals surface area contributed by atoms with Crippen LogP contribution in [-0.2, 0) is 4.84 Å². The molecule has 3 heterocycles. The second-order valence-corrected chi connectivity index (χ2v) is 6.72. The van der Waals surface area contributed by atoms with E-state index in [0.717, 1.165) is 18.5 Å². The quantitative estimate of drug-likeness (QED) is 0.898. The third-order valence-electron chi connectivity index (χ3n) is 4.73. The van der Waals surface area contributed by atoms with Crippen LogP contribution in [0.4, 0.5) is 11.5 Å². The lowest BCUT2D eigenvalue weighted by molar-refractivity contribution is -0.148. The van der Waals surface area contributed by atoms with E-state index >= 15 is 0 Å². The van der Waals surface area contributed by atoms with Gasteiger partial charge in [0.15, 0.2) is 11.0 Å². The molecule has 7 nitrogen and oxygen atoms in total. The molecule has 2 N–H and O–H groups in total. The van der Waals surface area contributed by atoms with Crippen molar-refractivity contribution in [2.45, 2.75) is 24.9 Å². The number of piperazine rings is 1. The van der Waals surface area contributed by atoms with E-state index in [2.05, 4.69) is 15.1 Å². The highest BCUT2D eigenvalue weighted by Gasteiger charge is 2.43. The van der Waals surface area contributed by atoms with Gasteiger partial charge in [-0.15, -0.1) is 15.3 Å². The lowest BCUT2D eigenvalue weighted by Gasteiger charge is -2.40. The second-order valence-electron chi connectivity index (χ2n) is 6.33. The summed E-state index contributed by atoms with van der Waals surface area (Å²) >= 11 is 5.95. The van der Waals surface area contributed by atoms with Gasteiger partial charge in [0.25, 0.3) is 0 Å². The van der Waals surface area contributed by atoms with Gasteiger partial charge < -0.3 is 15.5 Å². The second kappa shape index (κ2) is 6.50. The number of hydrogen-bond donors (Lipinski definition) is 1. The van der Waals surface area contributed by atoms with Crippen LogP contribution < -0.4 is 10.6 Å². The number of nitrogens with zero attached hydrogens (tertiary/aromatic N) is 4. The number of aromatic nitrogens is 2. The fraction of sp³-hybridized carbons (Fsp3) is 0.353. The molecule has 25 heavy (non-hydrogen) atoms. The van der Waals surface area contributed by atoms with Crippen molar-refractivity contribution in [3.05, 3.63) is 47.1 Å². The molecule has 2 atom stereocenters. The first kappa shape index (κ1) is 16.1. The van der Waals surface area contributed by atoms with E-state index in [1.54, 1.807) is 18.2 Å². The minimum atomic E-state index is -0.320. The molecule has 0 spiro atoms. The third-order valence-corrected chi connectivity index (χ3v) is 4.91. The molecule has 2 aliphatic heterocycles. The molecule has 2 fully saturated rings. The lowest BCUT2D eigenvalue weighted by atomic mass is 10.2. The van der Waals surface area contributed by atoms with E-state index in [4.69, 9.17) is 22.2 Å². The molecule has 0 saturated carbocycles. The van der Waals surface area contributed by atoms with Gasteiger partial charge in [-0.3, -0.25) is 0 Å². The van der Waals surface area contributed by atoms with Gasteiger partial charge >= 0.3 is 5.97 Å². The first-order valence-corrected chi connectivity index (χ1v) is 8.59. The summed E-state index contributed by atoms with van der Waals surface area (Å²) < 4.78 is 0. The molecule has 1 aromatic heterocycles. The van der Waals surface area contributed by atoms with Crippen molar-refractivity contribution in [3.63, 3.8) is 0 Å². The van der Waals surface area contributed by atoms with Crippen LogP contribution in [0.3, 0.4) is 0 Å². The van der Waals surface area contributed by atoms with Gasteiger partial charge in [0.2, 0.25) is 0 Å². The number of benzene rings is 1. The number of nitrogen functional groups attached to an aromatic ring is 1. The zero-order valence-corrected chi connectivity index (χ0v) is 14.3. The zero-order chi connectivity index (χ0) is 17.4. The minimum absolute atomic E-state index is 0.123. The summed E-state index contributed by atoms with van der Waals surface area (Å²) in [4.78, 5) is 20.2. The van der Waals surface area contributed by atoms with E-state index in [-0.39, 0.29) is 18.1 Å². The summed E-state index contributed by atoms with van der Waals surface area (Å²) in [5.74, 6) is 0.0395. The summed E-state index contributed by atoms with van der Waals surface area (Å²) in [7, 11) is 0. The van der Waals surface area contributed by atoms with Crippen LogP contribution in [0.5, 0.6) is 0 Å². The SMILES string of the molecule is Nc1nnc(Cl)cc1N1C[C@H]2CC[C@@H](C1)N2OC(=O)c1ccccc1. The third kappa shape index (κ3) is 3.12. The van der Waals surface area contributed by atoms with Gasteiger partial charge in [-0.2, -0.15) is 0 Å². The van der Waals surface area contributed by atoms with Gasteiger partial charge in [0, 0.05) is 19.2 Å². The van der Waals surface area contributed by atoms with E-state index in [1.807, 2.05) is 23.3 Å². The number of carbonyl (C=O) groups is 1. The maximum Gasteiger partial charge on any atom is 0.357 e. The van der Waals surface area contributed by atoms with Crippen LogP contribution >= 0.6 is 11.6 Å². The summed E-state index contributed by atoms with van der Waals surface area (Å²) in [6, 6.07) is 11.0. The van der Waals surface area contributed by atoms with Crippen LogP contribution in [0.25, 0.3) is 0 Å². The molecule has 0 unspecified atom stereocenters. The van der Waals surface area contributed by atoms with E-state index in [1.165, 1.54) is 0 Å². The molecule has 2 aromatic rings. The van der Waals surface area contributed by atoms with Crippen molar-refractivity contribution < 1.29 is 9.63 Å². The molecular weight excluding hydrogens is 342 g/mol. The normalized spacial score (nSPS) is 22.8. The predicted octanol–water partition coefficient (Wildman–Crippen LogP) is 2.14. The first-order chi connectivity index (χ1) is 12.1. The Labute approximate surface area is 150 Å².